The molecular formula is C10H11NO3. The summed E-state index contributed by atoms with van der Waals surface area (Å²) >= 11 is 0. The van der Waals surface area contributed by atoms with Crippen molar-refractivity contribution in [2.75, 3.05) is 0 Å². The molecule has 0 fully saturated rings. The van der Waals surface area contributed by atoms with E-state index in [1.807, 2.05) is 0 Å². The van der Waals surface area contributed by atoms with Crippen LogP contribution in [0.4, 0.5) is 0 Å². The molecule has 0 aliphatic rings. The number of amides is 1. The van der Waals surface area contributed by atoms with Gasteiger partial charge in [0.15, 0.2) is 0 Å². The van der Waals surface area contributed by atoms with Crippen LogP contribution >= 0.6 is 0 Å². The number of nitrogens with two attached hydrogens (primary N) is 1. The predicted octanol–water partition coefficient (Wildman–Crippen LogP) is 0.974. The van der Waals surface area contributed by atoms with E-state index in [-0.39, 0.29) is 5.56 Å². The monoisotopic (exact) mass is 193 g/mol. The molecule has 0 bridgehead atoms. The summed E-state index contributed by atoms with van der Waals surface area (Å²) < 4.78 is 0. The summed E-state index contributed by atoms with van der Waals surface area (Å²) in [6.07, 6.45) is 0. The maximum atomic E-state index is 10.9. The average Bonchev–Trinajstić information content (AvgIpc) is 2.16. The Morgan fingerprint density at radius 2 is 1.93 bits per heavy atom. The quantitative estimate of drug-likeness (QED) is 0.750. The van der Waals surface area contributed by atoms with Crippen LogP contribution < -0.4 is 5.73 Å². The van der Waals surface area contributed by atoms with Crippen molar-refractivity contribution in [3.63, 3.8) is 0 Å². The predicted molar refractivity (Wildman–Crippen MR) is 51.0 cm³/mol. The SMILES string of the molecule is CC(C(N)=O)c1ccccc1C(=O)O. The van der Waals surface area contributed by atoms with Crippen molar-refractivity contribution in [3.8, 4) is 0 Å². The molecule has 0 spiro atoms. The summed E-state index contributed by atoms with van der Waals surface area (Å²) in [6.45, 7) is 1.59. The van der Waals surface area contributed by atoms with Crippen molar-refractivity contribution in [2.24, 2.45) is 5.73 Å². The Labute approximate surface area is 81.3 Å². The molecule has 0 heterocycles. The van der Waals surface area contributed by atoms with Crippen molar-refractivity contribution < 1.29 is 14.7 Å². The second-order valence-electron chi connectivity index (χ2n) is 3.02. The molecule has 1 aromatic carbocycles. The van der Waals surface area contributed by atoms with Crippen LogP contribution in [0.15, 0.2) is 24.3 Å². The third-order valence-corrected chi connectivity index (χ3v) is 2.08. The highest BCUT2D eigenvalue weighted by molar-refractivity contribution is 5.92. The minimum Gasteiger partial charge on any atom is -0.478 e. The van der Waals surface area contributed by atoms with Gasteiger partial charge in [-0.1, -0.05) is 18.2 Å². The van der Waals surface area contributed by atoms with Gasteiger partial charge < -0.3 is 10.8 Å². The highest BCUT2D eigenvalue weighted by atomic mass is 16.4. The highest BCUT2D eigenvalue weighted by Gasteiger charge is 2.18. The standard InChI is InChI=1S/C10H11NO3/c1-6(9(11)12)7-4-2-3-5-8(7)10(13)14/h2-6H,1H3,(H2,11,12)(H,13,14). The van der Waals surface area contributed by atoms with Crippen LogP contribution in [0, 0.1) is 0 Å². The van der Waals surface area contributed by atoms with Crippen molar-refractivity contribution in [2.45, 2.75) is 12.8 Å². The zero-order valence-electron chi connectivity index (χ0n) is 7.73. The molecule has 0 aromatic heterocycles. The molecule has 1 aromatic rings. The number of carboxylic acids is 1. The average molecular weight is 193 g/mol. The molecule has 4 heteroatoms. The summed E-state index contributed by atoms with van der Waals surface area (Å²) in [7, 11) is 0. The smallest absolute Gasteiger partial charge is 0.335 e. The number of carbonyl (C=O) groups is 2. The zero-order chi connectivity index (χ0) is 10.7. The fraction of sp³-hybridized carbons (Fsp3) is 0.200. The molecule has 14 heavy (non-hydrogen) atoms. The largest absolute Gasteiger partial charge is 0.478 e. The Balaban J connectivity index is 3.19. The first kappa shape index (κ1) is 10.2. The fourth-order valence-corrected chi connectivity index (χ4v) is 1.22. The molecular weight excluding hydrogens is 182 g/mol. The molecule has 3 N–H and O–H groups in total. The van der Waals surface area contributed by atoms with E-state index in [9.17, 15) is 9.59 Å². The van der Waals surface area contributed by atoms with Crippen LogP contribution in [0.3, 0.4) is 0 Å². The maximum absolute atomic E-state index is 10.9. The van der Waals surface area contributed by atoms with Gasteiger partial charge in [-0.05, 0) is 18.6 Å². The van der Waals surface area contributed by atoms with Gasteiger partial charge in [0.1, 0.15) is 0 Å². The molecule has 1 rings (SSSR count). The topological polar surface area (TPSA) is 80.4 Å². The fourth-order valence-electron chi connectivity index (χ4n) is 1.22. The van der Waals surface area contributed by atoms with E-state index in [0.29, 0.717) is 5.56 Å². The van der Waals surface area contributed by atoms with Gasteiger partial charge >= 0.3 is 5.97 Å². The summed E-state index contributed by atoms with van der Waals surface area (Å²) in [4.78, 5) is 21.7. The Kier molecular flexibility index (Phi) is 2.86. The summed E-state index contributed by atoms with van der Waals surface area (Å²) in [5, 5.41) is 8.84. The van der Waals surface area contributed by atoms with E-state index in [4.69, 9.17) is 10.8 Å². The van der Waals surface area contributed by atoms with Crippen LogP contribution in [0.5, 0.6) is 0 Å². The first-order valence-electron chi connectivity index (χ1n) is 4.15. The van der Waals surface area contributed by atoms with E-state index in [1.165, 1.54) is 6.07 Å². The molecule has 1 unspecified atom stereocenters. The number of primary amides is 1. The lowest BCUT2D eigenvalue weighted by atomic mass is 9.95. The Hall–Kier alpha value is -1.84. The van der Waals surface area contributed by atoms with Crippen molar-refractivity contribution in [1.29, 1.82) is 0 Å². The third kappa shape index (κ3) is 1.90. The van der Waals surface area contributed by atoms with Crippen molar-refractivity contribution >= 4 is 11.9 Å². The second-order valence-corrected chi connectivity index (χ2v) is 3.02. The zero-order valence-corrected chi connectivity index (χ0v) is 7.73. The molecule has 1 amide bonds. The number of carboxylic acid groups (broad SMARTS) is 1. The van der Waals surface area contributed by atoms with Crippen LogP contribution in [0.1, 0.15) is 28.8 Å². The summed E-state index contributed by atoms with van der Waals surface area (Å²) in [5.74, 6) is -2.16. The van der Waals surface area contributed by atoms with Crippen LogP contribution in [-0.4, -0.2) is 17.0 Å². The lowest BCUT2D eigenvalue weighted by Crippen LogP contribution is -2.20. The Bertz CT molecular complexity index is 373. The van der Waals surface area contributed by atoms with Gasteiger partial charge in [-0.3, -0.25) is 4.79 Å². The van der Waals surface area contributed by atoms with Gasteiger partial charge in [-0.15, -0.1) is 0 Å². The van der Waals surface area contributed by atoms with Gasteiger partial charge in [-0.25, -0.2) is 4.79 Å². The van der Waals surface area contributed by atoms with E-state index in [1.54, 1.807) is 25.1 Å². The molecule has 0 aliphatic carbocycles. The second kappa shape index (κ2) is 3.91. The Morgan fingerprint density at radius 3 is 2.43 bits per heavy atom. The Morgan fingerprint density at radius 1 is 1.36 bits per heavy atom. The minimum absolute atomic E-state index is 0.124. The normalized spacial score (nSPS) is 12.1. The molecule has 0 saturated heterocycles. The maximum Gasteiger partial charge on any atom is 0.335 e. The number of rotatable bonds is 3. The molecule has 4 nitrogen and oxygen atoms in total. The van der Waals surface area contributed by atoms with E-state index in [2.05, 4.69) is 0 Å². The van der Waals surface area contributed by atoms with Gasteiger partial charge in [0, 0.05) is 0 Å². The molecule has 0 saturated carbocycles. The molecule has 74 valence electrons. The van der Waals surface area contributed by atoms with Crippen molar-refractivity contribution in [3.05, 3.63) is 35.4 Å². The number of aromatic carboxylic acids is 1. The van der Waals surface area contributed by atoms with Gasteiger partial charge in [0.2, 0.25) is 5.91 Å². The summed E-state index contributed by atoms with van der Waals surface area (Å²) in [6, 6.07) is 6.35. The number of benzene rings is 1. The lowest BCUT2D eigenvalue weighted by molar-refractivity contribution is -0.119. The number of hydrogen-bond donors (Lipinski definition) is 2. The van der Waals surface area contributed by atoms with Crippen LogP contribution in [-0.2, 0) is 4.79 Å². The minimum atomic E-state index is -1.05. The molecule has 0 radical (unpaired) electrons. The van der Waals surface area contributed by atoms with Gasteiger partial charge in [-0.2, -0.15) is 0 Å². The van der Waals surface area contributed by atoms with E-state index < -0.39 is 17.8 Å². The van der Waals surface area contributed by atoms with Crippen LogP contribution in [0.2, 0.25) is 0 Å². The van der Waals surface area contributed by atoms with Gasteiger partial charge in [0.05, 0.1) is 11.5 Å². The lowest BCUT2D eigenvalue weighted by Gasteiger charge is -2.10. The molecule has 1 atom stereocenters. The first-order valence-corrected chi connectivity index (χ1v) is 4.15. The van der Waals surface area contributed by atoms with Gasteiger partial charge in [0.25, 0.3) is 0 Å². The van der Waals surface area contributed by atoms with Crippen molar-refractivity contribution in [1.82, 2.24) is 0 Å². The summed E-state index contributed by atoms with van der Waals surface area (Å²) in [5.41, 5.74) is 5.68. The van der Waals surface area contributed by atoms with Crippen LogP contribution in [0.25, 0.3) is 0 Å². The molecule has 0 aliphatic heterocycles. The van der Waals surface area contributed by atoms with E-state index in [0.717, 1.165) is 0 Å². The van der Waals surface area contributed by atoms with E-state index >= 15 is 0 Å². The first-order chi connectivity index (χ1) is 6.54. The third-order valence-electron chi connectivity index (χ3n) is 2.08. The number of carbonyl (C=O) groups excluding carboxylic acids is 1. The highest BCUT2D eigenvalue weighted by Crippen LogP contribution is 2.19. The number of hydrogen-bond acceptors (Lipinski definition) is 2.